The zero-order chi connectivity index (χ0) is 13.1. The Hall–Kier alpha value is -1.12. The highest BCUT2D eigenvalue weighted by Crippen LogP contribution is 2.41. The number of aryl methyl sites for hydroxylation is 1. The molecule has 0 amide bonds. The van der Waals surface area contributed by atoms with Gasteiger partial charge in [-0.05, 0) is 50.4 Å². The molecule has 0 atom stereocenters. The van der Waals surface area contributed by atoms with Crippen molar-refractivity contribution in [2.75, 3.05) is 11.9 Å². The smallest absolute Gasteiger partial charge is 0.132 e. The highest BCUT2D eigenvalue weighted by Gasteiger charge is 2.32. The lowest BCUT2D eigenvalue weighted by atomic mass is 9.83. The van der Waals surface area contributed by atoms with Crippen LogP contribution in [0.2, 0.25) is 0 Å². The van der Waals surface area contributed by atoms with E-state index in [9.17, 15) is 0 Å². The van der Waals surface area contributed by atoms with Crippen LogP contribution in [0.25, 0.3) is 0 Å². The molecule has 1 heterocycles. The van der Waals surface area contributed by atoms with E-state index >= 15 is 0 Å². The van der Waals surface area contributed by atoms with Gasteiger partial charge in [0.2, 0.25) is 0 Å². The Kier molecular flexibility index (Phi) is 3.72. The van der Waals surface area contributed by atoms with Crippen molar-refractivity contribution in [2.45, 2.75) is 64.7 Å². The molecule has 2 aliphatic rings. The molecule has 3 heteroatoms. The number of rotatable bonds is 4. The van der Waals surface area contributed by atoms with Gasteiger partial charge in [-0.1, -0.05) is 19.8 Å². The molecule has 1 aromatic heterocycles. The zero-order valence-electron chi connectivity index (χ0n) is 12.0. The van der Waals surface area contributed by atoms with E-state index in [1.165, 1.54) is 56.2 Å². The highest BCUT2D eigenvalue weighted by molar-refractivity contribution is 5.47. The van der Waals surface area contributed by atoms with E-state index in [0.717, 1.165) is 25.2 Å². The van der Waals surface area contributed by atoms with E-state index in [2.05, 4.69) is 22.2 Å². The summed E-state index contributed by atoms with van der Waals surface area (Å²) in [4.78, 5) is 8.94. The van der Waals surface area contributed by atoms with Crippen LogP contribution >= 0.6 is 0 Å². The van der Waals surface area contributed by atoms with Crippen molar-refractivity contribution >= 4 is 5.82 Å². The second-order valence-corrected chi connectivity index (χ2v) is 6.27. The molecule has 0 radical (unpaired) electrons. The lowest BCUT2D eigenvalue weighted by Gasteiger charge is -2.29. The molecule has 104 valence electrons. The van der Waals surface area contributed by atoms with Gasteiger partial charge in [0, 0.05) is 17.8 Å². The lowest BCUT2D eigenvalue weighted by molar-refractivity contribution is 0.306. The molecule has 0 saturated heterocycles. The van der Waals surface area contributed by atoms with Crippen molar-refractivity contribution in [3.8, 4) is 0 Å². The third-order valence-corrected chi connectivity index (χ3v) is 5.17. The highest BCUT2D eigenvalue weighted by atomic mass is 15.0. The summed E-state index contributed by atoms with van der Waals surface area (Å²) in [5.41, 5.74) is 3.19. The van der Waals surface area contributed by atoms with Crippen molar-refractivity contribution in [1.29, 1.82) is 0 Å². The Morgan fingerprint density at radius 2 is 1.89 bits per heavy atom. The number of aromatic nitrogens is 2. The summed E-state index contributed by atoms with van der Waals surface area (Å²) in [6.45, 7) is 3.43. The van der Waals surface area contributed by atoms with E-state index in [1.807, 2.05) is 0 Å². The maximum Gasteiger partial charge on any atom is 0.132 e. The third kappa shape index (κ3) is 2.60. The number of hydrogen-bond donors (Lipinski definition) is 1. The van der Waals surface area contributed by atoms with Crippen molar-refractivity contribution in [1.82, 2.24) is 9.97 Å². The Morgan fingerprint density at radius 3 is 2.68 bits per heavy atom. The van der Waals surface area contributed by atoms with Crippen LogP contribution in [-0.2, 0) is 12.8 Å². The van der Waals surface area contributed by atoms with Crippen LogP contribution in [0.4, 0.5) is 5.82 Å². The Labute approximate surface area is 116 Å². The maximum absolute atomic E-state index is 4.50. The van der Waals surface area contributed by atoms with E-state index in [4.69, 9.17) is 0 Å². The van der Waals surface area contributed by atoms with Gasteiger partial charge in [-0.2, -0.15) is 0 Å². The van der Waals surface area contributed by atoms with Gasteiger partial charge in [0.1, 0.15) is 12.1 Å². The standard InChI is InChI=1S/C16H25N3/c1-2-16(9-5-6-10-16)11-17-15-13-7-3-4-8-14(13)18-12-19-15/h12H,2-11H2,1H3,(H,17,18,19). The van der Waals surface area contributed by atoms with Crippen LogP contribution in [-0.4, -0.2) is 16.5 Å². The number of nitrogens with one attached hydrogen (secondary N) is 1. The lowest BCUT2D eigenvalue weighted by Crippen LogP contribution is -2.27. The van der Waals surface area contributed by atoms with E-state index in [1.54, 1.807) is 6.33 Å². The number of anilines is 1. The topological polar surface area (TPSA) is 37.8 Å². The Bertz CT molecular complexity index is 436. The summed E-state index contributed by atoms with van der Waals surface area (Å²) in [5, 5.41) is 3.66. The van der Waals surface area contributed by atoms with Gasteiger partial charge in [0.05, 0.1) is 0 Å². The average Bonchev–Trinajstić information content (AvgIpc) is 2.94. The minimum Gasteiger partial charge on any atom is -0.369 e. The summed E-state index contributed by atoms with van der Waals surface area (Å²) >= 11 is 0. The number of fused-ring (bicyclic) bond motifs is 1. The average molecular weight is 259 g/mol. The predicted molar refractivity (Wildman–Crippen MR) is 78.4 cm³/mol. The fourth-order valence-corrected chi connectivity index (χ4v) is 3.73. The second kappa shape index (κ2) is 5.48. The summed E-state index contributed by atoms with van der Waals surface area (Å²) in [6.07, 6.45) is 13.4. The normalized spacial score (nSPS) is 21.1. The molecule has 0 aromatic carbocycles. The first-order chi connectivity index (χ1) is 9.33. The first kappa shape index (κ1) is 12.9. The summed E-state index contributed by atoms with van der Waals surface area (Å²) in [6, 6.07) is 0. The van der Waals surface area contributed by atoms with Crippen LogP contribution in [0.3, 0.4) is 0 Å². The molecule has 1 fully saturated rings. The van der Waals surface area contributed by atoms with E-state index in [0.29, 0.717) is 5.41 Å². The molecule has 0 unspecified atom stereocenters. The molecule has 1 aromatic rings. The molecule has 0 spiro atoms. The molecule has 0 aliphatic heterocycles. The van der Waals surface area contributed by atoms with Crippen LogP contribution < -0.4 is 5.32 Å². The van der Waals surface area contributed by atoms with Crippen molar-refractivity contribution in [2.24, 2.45) is 5.41 Å². The number of hydrogen-bond acceptors (Lipinski definition) is 3. The van der Waals surface area contributed by atoms with Crippen molar-refractivity contribution < 1.29 is 0 Å². The molecule has 1 saturated carbocycles. The minimum absolute atomic E-state index is 0.520. The van der Waals surface area contributed by atoms with Crippen LogP contribution in [0.15, 0.2) is 6.33 Å². The monoisotopic (exact) mass is 259 g/mol. The fraction of sp³-hybridized carbons (Fsp3) is 0.750. The van der Waals surface area contributed by atoms with Crippen molar-refractivity contribution in [3.05, 3.63) is 17.6 Å². The molecular formula is C16H25N3. The quantitative estimate of drug-likeness (QED) is 0.895. The summed E-state index contributed by atoms with van der Waals surface area (Å²) in [5.74, 6) is 1.12. The third-order valence-electron chi connectivity index (χ3n) is 5.17. The molecule has 2 aliphatic carbocycles. The van der Waals surface area contributed by atoms with Gasteiger partial charge >= 0.3 is 0 Å². The first-order valence-corrected chi connectivity index (χ1v) is 7.90. The van der Waals surface area contributed by atoms with Gasteiger partial charge in [0.25, 0.3) is 0 Å². The van der Waals surface area contributed by atoms with Gasteiger partial charge < -0.3 is 5.32 Å². The molecule has 0 bridgehead atoms. The zero-order valence-corrected chi connectivity index (χ0v) is 12.0. The summed E-state index contributed by atoms with van der Waals surface area (Å²) in [7, 11) is 0. The van der Waals surface area contributed by atoms with Gasteiger partial charge in [0.15, 0.2) is 0 Å². The second-order valence-electron chi connectivity index (χ2n) is 6.27. The molecule has 19 heavy (non-hydrogen) atoms. The van der Waals surface area contributed by atoms with Crippen LogP contribution in [0.1, 0.15) is 63.1 Å². The SMILES string of the molecule is CCC1(CNc2ncnc3c2CCCC3)CCCC1. The minimum atomic E-state index is 0.520. The maximum atomic E-state index is 4.50. The number of nitrogens with zero attached hydrogens (tertiary/aromatic N) is 2. The van der Waals surface area contributed by atoms with Gasteiger partial charge in [-0.25, -0.2) is 9.97 Å². The van der Waals surface area contributed by atoms with Crippen LogP contribution in [0.5, 0.6) is 0 Å². The molecule has 1 N–H and O–H groups in total. The van der Waals surface area contributed by atoms with Crippen molar-refractivity contribution in [3.63, 3.8) is 0 Å². The largest absolute Gasteiger partial charge is 0.369 e. The predicted octanol–water partition coefficient (Wildman–Crippen LogP) is 3.74. The molecule has 3 rings (SSSR count). The van der Waals surface area contributed by atoms with E-state index < -0.39 is 0 Å². The van der Waals surface area contributed by atoms with Gasteiger partial charge in [-0.15, -0.1) is 0 Å². The van der Waals surface area contributed by atoms with Crippen LogP contribution in [0, 0.1) is 5.41 Å². The molecular weight excluding hydrogens is 234 g/mol. The van der Waals surface area contributed by atoms with E-state index in [-0.39, 0.29) is 0 Å². The summed E-state index contributed by atoms with van der Waals surface area (Å²) < 4.78 is 0. The molecule has 3 nitrogen and oxygen atoms in total. The van der Waals surface area contributed by atoms with Gasteiger partial charge in [-0.3, -0.25) is 0 Å². The first-order valence-electron chi connectivity index (χ1n) is 7.90. The Balaban J connectivity index is 1.73. The fourth-order valence-electron chi connectivity index (χ4n) is 3.73. The Morgan fingerprint density at radius 1 is 1.11 bits per heavy atom.